The van der Waals surface area contributed by atoms with E-state index in [1.807, 2.05) is 19.9 Å². The van der Waals surface area contributed by atoms with Gasteiger partial charge in [-0.2, -0.15) is 0 Å². The molecule has 0 aliphatic carbocycles. The number of carboxylic acid groups (broad SMARTS) is 1. The Morgan fingerprint density at radius 2 is 2.15 bits per heavy atom. The number of hydrogen-bond acceptors (Lipinski definition) is 3. The summed E-state index contributed by atoms with van der Waals surface area (Å²) in [5.41, 5.74) is 0.0849. The topological polar surface area (TPSA) is 84.5 Å². The Bertz CT molecular complexity index is 627. The summed E-state index contributed by atoms with van der Waals surface area (Å²) in [5, 5.41) is 11.7. The van der Waals surface area contributed by atoms with Crippen LogP contribution in [0.2, 0.25) is 0 Å². The van der Waals surface area contributed by atoms with Crippen LogP contribution in [0.15, 0.2) is 34.9 Å². The molecule has 0 aliphatic heterocycles. The van der Waals surface area contributed by atoms with Gasteiger partial charge in [-0.3, -0.25) is 4.79 Å². The monoisotopic (exact) mass is 276 g/mol. The van der Waals surface area contributed by atoms with Crippen molar-refractivity contribution in [1.29, 1.82) is 0 Å². The van der Waals surface area contributed by atoms with Crippen LogP contribution in [0.5, 0.6) is 0 Å². The molecule has 1 unspecified atom stereocenters. The number of furan rings is 1. The van der Waals surface area contributed by atoms with E-state index in [9.17, 15) is 9.59 Å². The minimum atomic E-state index is -1.06. The first kappa shape index (κ1) is 13.9. The van der Waals surface area contributed by atoms with Crippen molar-refractivity contribution in [2.24, 2.45) is 0 Å². The number of aromatic nitrogens is 1. The van der Waals surface area contributed by atoms with Gasteiger partial charge in [-0.25, -0.2) is 4.79 Å². The third-order valence-corrected chi connectivity index (χ3v) is 2.93. The Morgan fingerprint density at radius 3 is 2.75 bits per heavy atom. The van der Waals surface area contributed by atoms with Gasteiger partial charge in [-0.1, -0.05) is 0 Å². The highest BCUT2D eigenvalue weighted by molar-refractivity contribution is 5.86. The lowest BCUT2D eigenvalue weighted by Gasteiger charge is -2.12. The first-order valence-electron chi connectivity index (χ1n) is 6.21. The van der Waals surface area contributed by atoms with Crippen LogP contribution in [0.4, 0.5) is 0 Å². The van der Waals surface area contributed by atoms with Crippen LogP contribution >= 0.6 is 0 Å². The molecule has 6 heteroatoms. The standard InChI is InChI=1S/C14H16N2O4/c1-9-5-6-12(20-9)10(2)15-13(17)8-16-7-3-4-11(16)14(18)19/h3-7,10H,8H2,1-2H3,(H,15,17)(H,18,19). The van der Waals surface area contributed by atoms with E-state index in [0.717, 1.165) is 5.76 Å². The van der Waals surface area contributed by atoms with E-state index in [1.165, 1.54) is 10.6 Å². The second-order valence-electron chi connectivity index (χ2n) is 4.56. The zero-order chi connectivity index (χ0) is 14.7. The normalized spacial score (nSPS) is 12.1. The van der Waals surface area contributed by atoms with Gasteiger partial charge in [0.2, 0.25) is 5.91 Å². The van der Waals surface area contributed by atoms with Crippen LogP contribution in [0.25, 0.3) is 0 Å². The predicted octanol–water partition coefficient (Wildman–Crippen LogP) is 1.97. The Hall–Kier alpha value is -2.50. The third-order valence-electron chi connectivity index (χ3n) is 2.93. The maximum Gasteiger partial charge on any atom is 0.352 e. The number of carboxylic acids is 1. The summed E-state index contributed by atoms with van der Waals surface area (Å²) in [6, 6.07) is 6.41. The Morgan fingerprint density at radius 1 is 1.40 bits per heavy atom. The van der Waals surface area contributed by atoms with Gasteiger partial charge >= 0.3 is 5.97 Å². The van der Waals surface area contributed by atoms with Gasteiger partial charge in [0.1, 0.15) is 23.8 Å². The van der Waals surface area contributed by atoms with Gasteiger partial charge < -0.3 is 19.4 Å². The van der Waals surface area contributed by atoms with Crippen molar-refractivity contribution in [2.75, 3.05) is 0 Å². The largest absolute Gasteiger partial charge is 0.477 e. The molecule has 0 bridgehead atoms. The molecule has 0 saturated heterocycles. The molecule has 6 nitrogen and oxygen atoms in total. The Balaban J connectivity index is 1.99. The molecule has 0 fully saturated rings. The van der Waals surface area contributed by atoms with Crippen LogP contribution in [-0.4, -0.2) is 21.6 Å². The molecular weight excluding hydrogens is 260 g/mol. The summed E-state index contributed by atoms with van der Waals surface area (Å²) in [5.74, 6) is 0.115. The highest BCUT2D eigenvalue weighted by atomic mass is 16.4. The van der Waals surface area contributed by atoms with E-state index in [0.29, 0.717) is 5.76 Å². The molecule has 106 valence electrons. The van der Waals surface area contributed by atoms with E-state index in [1.54, 1.807) is 18.3 Å². The lowest BCUT2D eigenvalue weighted by molar-refractivity contribution is -0.122. The quantitative estimate of drug-likeness (QED) is 0.874. The molecule has 0 spiro atoms. The van der Waals surface area contributed by atoms with Gasteiger partial charge in [0, 0.05) is 6.20 Å². The minimum Gasteiger partial charge on any atom is -0.477 e. The zero-order valence-corrected chi connectivity index (χ0v) is 11.3. The van der Waals surface area contributed by atoms with Crippen molar-refractivity contribution in [3.05, 3.63) is 47.7 Å². The first-order valence-corrected chi connectivity index (χ1v) is 6.21. The second kappa shape index (κ2) is 5.64. The fourth-order valence-electron chi connectivity index (χ4n) is 1.95. The van der Waals surface area contributed by atoms with Gasteiger partial charge in [0.15, 0.2) is 0 Å². The average molecular weight is 276 g/mol. The van der Waals surface area contributed by atoms with Crippen molar-refractivity contribution in [1.82, 2.24) is 9.88 Å². The molecule has 0 aromatic carbocycles. The Labute approximate surface area is 116 Å². The highest BCUT2D eigenvalue weighted by Gasteiger charge is 2.15. The number of nitrogens with zero attached hydrogens (tertiary/aromatic N) is 1. The van der Waals surface area contributed by atoms with Crippen molar-refractivity contribution in [3.63, 3.8) is 0 Å². The van der Waals surface area contributed by atoms with E-state index in [4.69, 9.17) is 9.52 Å². The first-order chi connectivity index (χ1) is 9.47. The summed E-state index contributed by atoms with van der Waals surface area (Å²) in [6.07, 6.45) is 1.56. The molecule has 0 radical (unpaired) electrons. The smallest absolute Gasteiger partial charge is 0.352 e. The number of rotatable bonds is 5. The van der Waals surface area contributed by atoms with Gasteiger partial charge in [-0.05, 0) is 38.1 Å². The van der Waals surface area contributed by atoms with Crippen molar-refractivity contribution in [2.45, 2.75) is 26.4 Å². The van der Waals surface area contributed by atoms with Crippen LogP contribution in [0, 0.1) is 6.92 Å². The summed E-state index contributed by atoms with van der Waals surface area (Å²) in [7, 11) is 0. The number of nitrogens with one attached hydrogen (secondary N) is 1. The van der Waals surface area contributed by atoms with E-state index < -0.39 is 5.97 Å². The molecule has 20 heavy (non-hydrogen) atoms. The lowest BCUT2D eigenvalue weighted by atomic mass is 10.2. The summed E-state index contributed by atoms with van der Waals surface area (Å²) >= 11 is 0. The van der Waals surface area contributed by atoms with Crippen molar-refractivity contribution < 1.29 is 19.1 Å². The van der Waals surface area contributed by atoms with Gasteiger partial charge in [0.05, 0.1) is 6.04 Å². The SMILES string of the molecule is Cc1ccc(C(C)NC(=O)Cn2cccc2C(=O)O)o1. The summed E-state index contributed by atoms with van der Waals surface area (Å²) in [6.45, 7) is 3.60. The molecule has 2 heterocycles. The Kier molecular flexibility index (Phi) is 3.93. The number of aromatic carboxylic acids is 1. The molecule has 0 saturated carbocycles. The lowest BCUT2D eigenvalue weighted by Crippen LogP contribution is -2.30. The number of hydrogen-bond donors (Lipinski definition) is 2. The molecule has 2 rings (SSSR count). The van der Waals surface area contributed by atoms with Gasteiger partial charge in [0.25, 0.3) is 0 Å². The van der Waals surface area contributed by atoms with Crippen LogP contribution < -0.4 is 5.32 Å². The predicted molar refractivity (Wildman–Crippen MR) is 71.4 cm³/mol. The van der Waals surface area contributed by atoms with Crippen LogP contribution in [0.1, 0.15) is 35.0 Å². The van der Waals surface area contributed by atoms with E-state index in [-0.39, 0.29) is 24.2 Å². The molecule has 0 aliphatic rings. The fraction of sp³-hybridized carbons (Fsp3) is 0.286. The number of aryl methyl sites for hydroxylation is 1. The highest BCUT2D eigenvalue weighted by Crippen LogP contribution is 2.15. The fourth-order valence-corrected chi connectivity index (χ4v) is 1.95. The number of amides is 1. The molecule has 2 aromatic heterocycles. The number of carbonyl (C=O) groups excluding carboxylic acids is 1. The minimum absolute atomic E-state index is 0.0430. The van der Waals surface area contributed by atoms with Crippen LogP contribution in [0.3, 0.4) is 0 Å². The van der Waals surface area contributed by atoms with E-state index in [2.05, 4.69) is 5.32 Å². The molecule has 1 atom stereocenters. The second-order valence-corrected chi connectivity index (χ2v) is 4.56. The average Bonchev–Trinajstić information content (AvgIpc) is 2.97. The third kappa shape index (κ3) is 3.09. The number of carbonyl (C=O) groups is 2. The zero-order valence-electron chi connectivity index (χ0n) is 11.3. The van der Waals surface area contributed by atoms with Crippen molar-refractivity contribution in [3.8, 4) is 0 Å². The van der Waals surface area contributed by atoms with E-state index >= 15 is 0 Å². The van der Waals surface area contributed by atoms with Crippen molar-refractivity contribution >= 4 is 11.9 Å². The summed E-state index contributed by atoms with van der Waals surface area (Å²) in [4.78, 5) is 22.9. The maximum absolute atomic E-state index is 11.9. The van der Waals surface area contributed by atoms with Crippen LogP contribution in [-0.2, 0) is 11.3 Å². The molecule has 2 N–H and O–H groups in total. The molecule has 1 amide bonds. The molecular formula is C14H16N2O4. The van der Waals surface area contributed by atoms with Gasteiger partial charge in [-0.15, -0.1) is 0 Å². The maximum atomic E-state index is 11.9. The summed E-state index contributed by atoms with van der Waals surface area (Å²) < 4.78 is 6.81. The molecule has 2 aromatic rings.